The van der Waals surface area contributed by atoms with E-state index in [-0.39, 0.29) is 11.5 Å². The Labute approximate surface area is 173 Å². The number of carbonyl (C=O) groups excluding carboxylic acids is 3. The number of non-ortho nitro benzene ring substituents is 1. The van der Waals surface area contributed by atoms with E-state index in [0.29, 0.717) is 11.3 Å². The first kappa shape index (κ1) is 19.9. The fraction of sp³-hybridized carbons (Fsp3) is 0.429. The number of aryl methyl sites for hydroxylation is 1. The molecule has 0 aromatic heterocycles. The molecule has 2 amide bonds. The molecular weight excluding hydrogens is 388 g/mol. The summed E-state index contributed by atoms with van der Waals surface area (Å²) in [6.07, 6.45) is 5.05. The molecule has 30 heavy (non-hydrogen) atoms. The van der Waals surface area contributed by atoms with Gasteiger partial charge in [0, 0.05) is 23.8 Å². The van der Waals surface area contributed by atoms with Gasteiger partial charge in [-0.3, -0.25) is 29.5 Å². The molecule has 0 saturated carbocycles. The van der Waals surface area contributed by atoms with Crippen molar-refractivity contribution in [2.75, 3.05) is 4.90 Å². The van der Waals surface area contributed by atoms with Crippen LogP contribution in [0, 0.1) is 34.3 Å². The summed E-state index contributed by atoms with van der Waals surface area (Å²) in [6, 6.07) is 2.68. The molecule has 4 atom stereocenters. The van der Waals surface area contributed by atoms with Crippen LogP contribution in [0.25, 0.3) is 0 Å². The van der Waals surface area contributed by atoms with Gasteiger partial charge in [-0.15, -0.1) is 0 Å². The van der Waals surface area contributed by atoms with Crippen LogP contribution in [0.15, 0.2) is 35.5 Å². The number of anilines is 1. The number of hydrogen-bond acceptors (Lipinski definition) is 7. The van der Waals surface area contributed by atoms with Crippen molar-refractivity contribution in [1.29, 1.82) is 0 Å². The van der Waals surface area contributed by atoms with Gasteiger partial charge in [0.25, 0.3) is 5.69 Å². The van der Waals surface area contributed by atoms with Crippen molar-refractivity contribution >= 4 is 35.2 Å². The molecule has 0 radical (unpaired) electrons. The van der Waals surface area contributed by atoms with E-state index in [9.17, 15) is 24.5 Å². The van der Waals surface area contributed by atoms with Crippen LogP contribution in [0.3, 0.4) is 0 Å². The molecule has 0 bridgehead atoms. The predicted octanol–water partition coefficient (Wildman–Crippen LogP) is 2.23. The number of nitro benzene ring substituents is 1. The second-order valence-corrected chi connectivity index (χ2v) is 8.87. The van der Waals surface area contributed by atoms with Crippen molar-refractivity contribution in [2.24, 2.45) is 22.4 Å². The summed E-state index contributed by atoms with van der Waals surface area (Å²) in [5.41, 5.74) is -0.0895. The number of amides is 2. The summed E-state index contributed by atoms with van der Waals surface area (Å²) in [6.45, 7) is 6.95. The number of fused-ring (bicyclic) bond motifs is 3. The Kier molecular flexibility index (Phi) is 4.37. The Morgan fingerprint density at radius 3 is 2.43 bits per heavy atom. The lowest BCUT2D eigenvalue weighted by Gasteiger charge is -2.33. The number of nitro groups is 1. The molecule has 156 valence electrons. The van der Waals surface area contributed by atoms with E-state index < -0.39 is 46.1 Å². The number of benzene rings is 1. The summed E-state index contributed by atoms with van der Waals surface area (Å²) in [5.74, 6) is -2.64. The van der Waals surface area contributed by atoms with Crippen LogP contribution in [-0.4, -0.2) is 45.8 Å². The third-order valence-corrected chi connectivity index (χ3v) is 5.93. The molecule has 0 spiro atoms. The number of imide groups is 1. The highest BCUT2D eigenvalue weighted by atomic mass is 16.6. The summed E-state index contributed by atoms with van der Waals surface area (Å²) >= 11 is 0. The quantitative estimate of drug-likeness (QED) is 0.429. The first-order chi connectivity index (χ1) is 14.0. The van der Waals surface area contributed by atoms with Crippen LogP contribution in [0.1, 0.15) is 26.3 Å². The molecule has 9 nitrogen and oxygen atoms in total. The van der Waals surface area contributed by atoms with E-state index in [0.717, 1.165) is 4.90 Å². The smallest absolute Gasteiger partial charge is 0.269 e. The summed E-state index contributed by atoms with van der Waals surface area (Å²) in [7, 11) is 0. The van der Waals surface area contributed by atoms with Gasteiger partial charge in [0.15, 0.2) is 5.78 Å². The topological polar surface area (TPSA) is 113 Å². The Morgan fingerprint density at radius 2 is 1.83 bits per heavy atom. The minimum Gasteiger partial charge on any atom is -0.297 e. The van der Waals surface area contributed by atoms with Crippen LogP contribution >= 0.6 is 0 Å². The summed E-state index contributed by atoms with van der Waals surface area (Å²) in [5, 5.41) is 16.9. The van der Waals surface area contributed by atoms with Gasteiger partial charge in [-0.2, -0.15) is 5.10 Å². The van der Waals surface area contributed by atoms with Crippen LogP contribution in [0.5, 0.6) is 0 Å². The van der Waals surface area contributed by atoms with Gasteiger partial charge in [0.1, 0.15) is 6.04 Å². The largest absolute Gasteiger partial charge is 0.297 e. The van der Waals surface area contributed by atoms with Crippen LogP contribution in [0.4, 0.5) is 11.4 Å². The standard InChI is InChI=1S/C21H22N4O5/c1-11-10-12(25(29)30)7-8-13(11)23-19(27)15-14-6-5-9-22-24(14)17(16(15)20(23)28)18(26)21(2,3)4/h5-10,14-17H,1-4H3/t14-,15+,16+,17-/m1/s1. The second-order valence-electron chi connectivity index (χ2n) is 8.87. The number of allylic oxidation sites excluding steroid dienone is 1. The molecule has 4 rings (SSSR count). The molecule has 1 aromatic rings. The summed E-state index contributed by atoms with van der Waals surface area (Å²) < 4.78 is 0. The van der Waals surface area contributed by atoms with E-state index >= 15 is 0 Å². The van der Waals surface area contributed by atoms with E-state index in [1.54, 1.807) is 51.1 Å². The van der Waals surface area contributed by atoms with Crippen molar-refractivity contribution < 1.29 is 19.3 Å². The number of hydrazone groups is 1. The molecule has 9 heteroatoms. The zero-order chi connectivity index (χ0) is 22.0. The van der Waals surface area contributed by atoms with Crippen molar-refractivity contribution in [1.82, 2.24) is 5.01 Å². The maximum Gasteiger partial charge on any atom is 0.269 e. The van der Waals surface area contributed by atoms with E-state index in [2.05, 4.69) is 5.10 Å². The van der Waals surface area contributed by atoms with Gasteiger partial charge in [-0.05, 0) is 24.6 Å². The third kappa shape index (κ3) is 2.76. The summed E-state index contributed by atoms with van der Waals surface area (Å²) in [4.78, 5) is 51.7. The van der Waals surface area contributed by atoms with Gasteiger partial charge in [-0.1, -0.05) is 26.8 Å². The lowest BCUT2D eigenvalue weighted by atomic mass is 9.80. The van der Waals surface area contributed by atoms with Crippen molar-refractivity contribution in [3.8, 4) is 0 Å². The SMILES string of the molecule is Cc1cc([N+](=O)[O-])ccc1N1C(=O)[C@@H]2[C@H](C1=O)[C@H](C(=O)C(C)(C)C)N1N=CC=C[C@H]21. The maximum absolute atomic E-state index is 13.5. The Bertz CT molecular complexity index is 1040. The molecule has 3 heterocycles. The van der Waals surface area contributed by atoms with Gasteiger partial charge in [0.2, 0.25) is 11.8 Å². The molecule has 2 fully saturated rings. The average molecular weight is 410 g/mol. The van der Waals surface area contributed by atoms with E-state index in [1.165, 1.54) is 18.2 Å². The average Bonchev–Trinajstić information content (AvgIpc) is 3.14. The highest BCUT2D eigenvalue weighted by Crippen LogP contribution is 2.47. The van der Waals surface area contributed by atoms with Gasteiger partial charge in [-0.25, -0.2) is 4.90 Å². The maximum atomic E-state index is 13.5. The van der Waals surface area contributed by atoms with Gasteiger partial charge in [0.05, 0.1) is 28.5 Å². The third-order valence-electron chi connectivity index (χ3n) is 5.93. The molecule has 3 aliphatic rings. The van der Waals surface area contributed by atoms with E-state index in [1.807, 2.05) is 0 Å². The molecule has 3 aliphatic heterocycles. The minimum absolute atomic E-state index is 0.118. The van der Waals surface area contributed by atoms with Crippen molar-refractivity contribution in [3.05, 3.63) is 46.0 Å². The highest BCUT2D eigenvalue weighted by Gasteiger charge is 2.64. The number of ketones is 1. The van der Waals surface area contributed by atoms with Crippen LogP contribution in [0.2, 0.25) is 0 Å². The Hall–Kier alpha value is -3.36. The number of carbonyl (C=O) groups is 3. The van der Waals surface area contributed by atoms with E-state index in [4.69, 9.17) is 0 Å². The van der Waals surface area contributed by atoms with Crippen LogP contribution in [-0.2, 0) is 14.4 Å². The number of Topliss-reactive ketones (excluding diaryl/α,β-unsaturated/α-hetero) is 1. The van der Waals surface area contributed by atoms with Crippen LogP contribution < -0.4 is 4.90 Å². The molecule has 1 aromatic carbocycles. The molecule has 0 N–H and O–H groups in total. The first-order valence-electron chi connectivity index (χ1n) is 9.70. The second kappa shape index (κ2) is 6.58. The highest BCUT2D eigenvalue weighted by molar-refractivity contribution is 6.24. The number of hydrogen-bond donors (Lipinski definition) is 0. The normalized spacial score (nSPS) is 27.5. The Balaban J connectivity index is 1.79. The van der Waals surface area contributed by atoms with Gasteiger partial charge >= 0.3 is 0 Å². The number of rotatable bonds is 3. The number of nitrogens with zero attached hydrogens (tertiary/aromatic N) is 4. The molecule has 2 saturated heterocycles. The minimum atomic E-state index is -0.858. The van der Waals surface area contributed by atoms with Crippen molar-refractivity contribution in [3.63, 3.8) is 0 Å². The molecule has 0 aliphatic carbocycles. The molecular formula is C21H22N4O5. The van der Waals surface area contributed by atoms with Gasteiger partial charge < -0.3 is 0 Å². The lowest BCUT2D eigenvalue weighted by molar-refractivity contribution is -0.384. The zero-order valence-corrected chi connectivity index (χ0v) is 17.1. The monoisotopic (exact) mass is 410 g/mol. The lowest BCUT2D eigenvalue weighted by Crippen LogP contribution is -2.49. The van der Waals surface area contributed by atoms with Crippen molar-refractivity contribution in [2.45, 2.75) is 39.8 Å². The molecule has 0 unspecified atom stereocenters. The first-order valence-corrected chi connectivity index (χ1v) is 9.70. The predicted molar refractivity (Wildman–Crippen MR) is 109 cm³/mol. The zero-order valence-electron chi connectivity index (χ0n) is 17.1. The fourth-order valence-electron chi connectivity index (χ4n) is 4.52. The Morgan fingerprint density at radius 1 is 1.17 bits per heavy atom. The fourth-order valence-corrected chi connectivity index (χ4v) is 4.52.